The minimum absolute atomic E-state index is 0.110. The third-order valence-corrected chi connectivity index (χ3v) is 4.09. The molecule has 1 aliphatic carbocycles. The molecule has 0 spiro atoms. The standard InChI is InChI=1S/C14H21NO4/c1-3-11(16)15-14(9(2)19-13(14)18)12(17)10-7-5-4-6-8-10/h5,7,9-10,12,17H,3-4,6,8H2,1-2H3,(H,15,16)/t9-,10-,12+,14+/m1/s1. The van der Waals surface area contributed by atoms with Crippen LogP contribution < -0.4 is 5.32 Å². The Morgan fingerprint density at radius 3 is 2.89 bits per heavy atom. The normalized spacial score (nSPS) is 35.2. The molecule has 5 nitrogen and oxygen atoms in total. The Labute approximate surface area is 113 Å². The molecule has 0 aromatic carbocycles. The van der Waals surface area contributed by atoms with Crippen LogP contribution in [0.25, 0.3) is 0 Å². The lowest BCUT2D eigenvalue weighted by Gasteiger charge is -2.49. The van der Waals surface area contributed by atoms with Crippen LogP contribution in [-0.2, 0) is 14.3 Å². The van der Waals surface area contributed by atoms with E-state index < -0.39 is 23.7 Å². The molecule has 106 valence electrons. The van der Waals surface area contributed by atoms with Crippen molar-refractivity contribution in [2.75, 3.05) is 0 Å². The first kappa shape index (κ1) is 14.1. The molecule has 1 amide bonds. The first-order valence-corrected chi connectivity index (χ1v) is 6.89. The van der Waals surface area contributed by atoms with Crippen LogP contribution in [0.1, 0.15) is 39.5 Å². The van der Waals surface area contributed by atoms with E-state index in [0.717, 1.165) is 19.3 Å². The van der Waals surface area contributed by atoms with Gasteiger partial charge >= 0.3 is 5.97 Å². The number of amides is 1. The Bertz CT molecular complexity index is 406. The van der Waals surface area contributed by atoms with Crippen molar-refractivity contribution in [2.45, 2.75) is 57.3 Å². The van der Waals surface area contributed by atoms with Gasteiger partial charge in [-0.15, -0.1) is 0 Å². The van der Waals surface area contributed by atoms with E-state index in [1.165, 1.54) is 0 Å². The molecule has 4 atom stereocenters. The lowest BCUT2D eigenvalue weighted by molar-refractivity contribution is -0.208. The van der Waals surface area contributed by atoms with E-state index in [-0.39, 0.29) is 18.2 Å². The van der Waals surface area contributed by atoms with Crippen molar-refractivity contribution in [3.63, 3.8) is 0 Å². The maximum atomic E-state index is 11.9. The molecule has 0 radical (unpaired) electrons. The zero-order valence-corrected chi connectivity index (χ0v) is 11.4. The fourth-order valence-electron chi connectivity index (χ4n) is 2.81. The van der Waals surface area contributed by atoms with Crippen molar-refractivity contribution in [3.8, 4) is 0 Å². The van der Waals surface area contributed by atoms with Crippen LogP contribution in [0.3, 0.4) is 0 Å². The molecule has 1 heterocycles. The molecular weight excluding hydrogens is 246 g/mol. The Hall–Kier alpha value is -1.36. The van der Waals surface area contributed by atoms with Gasteiger partial charge in [-0.3, -0.25) is 4.79 Å². The maximum absolute atomic E-state index is 11.9. The molecule has 2 aliphatic rings. The number of nitrogens with one attached hydrogen (secondary N) is 1. The minimum Gasteiger partial charge on any atom is -0.457 e. The SMILES string of the molecule is CCC(=O)N[C@@]1([C@@H](O)[C@@H]2C=CCCC2)C(=O)O[C@@H]1C. The Morgan fingerprint density at radius 1 is 1.68 bits per heavy atom. The maximum Gasteiger partial charge on any atom is 0.338 e. The summed E-state index contributed by atoms with van der Waals surface area (Å²) in [6.07, 6.45) is 5.60. The number of esters is 1. The van der Waals surface area contributed by atoms with E-state index in [2.05, 4.69) is 5.32 Å². The van der Waals surface area contributed by atoms with Gasteiger partial charge in [0.2, 0.25) is 11.4 Å². The molecule has 1 fully saturated rings. The van der Waals surface area contributed by atoms with Crippen molar-refractivity contribution < 1.29 is 19.4 Å². The first-order valence-electron chi connectivity index (χ1n) is 6.89. The molecule has 0 saturated carbocycles. The highest BCUT2D eigenvalue weighted by Gasteiger charge is 2.62. The highest BCUT2D eigenvalue weighted by molar-refractivity contribution is 5.93. The van der Waals surface area contributed by atoms with Gasteiger partial charge in [0.15, 0.2) is 0 Å². The average molecular weight is 267 g/mol. The van der Waals surface area contributed by atoms with E-state index in [9.17, 15) is 14.7 Å². The predicted molar refractivity (Wildman–Crippen MR) is 69.2 cm³/mol. The molecule has 19 heavy (non-hydrogen) atoms. The zero-order chi connectivity index (χ0) is 14.0. The molecule has 2 N–H and O–H groups in total. The Morgan fingerprint density at radius 2 is 2.42 bits per heavy atom. The number of aliphatic hydroxyl groups is 1. The summed E-state index contributed by atoms with van der Waals surface area (Å²) in [6.45, 7) is 3.41. The van der Waals surface area contributed by atoms with Gasteiger partial charge in [-0.1, -0.05) is 19.1 Å². The lowest BCUT2D eigenvalue weighted by Crippen LogP contribution is -2.77. The van der Waals surface area contributed by atoms with Crippen LogP contribution in [0, 0.1) is 5.92 Å². The molecule has 1 saturated heterocycles. The lowest BCUT2D eigenvalue weighted by atomic mass is 9.74. The van der Waals surface area contributed by atoms with Crippen LogP contribution in [-0.4, -0.2) is 34.7 Å². The first-order chi connectivity index (χ1) is 9.02. The number of carbonyl (C=O) groups is 2. The number of aliphatic hydroxyl groups excluding tert-OH is 1. The summed E-state index contributed by atoms with van der Waals surface area (Å²) in [5, 5.41) is 13.2. The number of allylic oxidation sites excluding steroid dienone is 1. The summed E-state index contributed by atoms with van der Waals surface area (Å²) in [4.78, 5) is 23.5. The highest BCUT2D eigenvalue weighted by Crippen LogP contribution is 2.37. The largest absolute Gasteiger partial charge is 0.457 e. The summed E-state index contributed by atoms with van der Waals surface area (Å²) in [5.74, 6) is -0.892. The quantitative estimate of drug-likeness (QED) is 0.586. The third-order valence-electron chi connectivity index (χ3n) is 4.09. The zero-order valence-electron chi connectivity index (χ0n) is 11.4. The summed E-state index contributed by atoms with van der Waals surface area (Å²) in [5.41, 5.74) is -1.28. The van der Waals surface area contributed by atoms with Gasteiger partial charge < -0.3 is 15.2 Å². The second-order valence-electron chi connectivity index (χ2n) is 5.29. The number of rotatable bonds is 4. The van der Waals surface area contributed by atoms with E-state index in [4.69, 9.17) is 4.74 Å². The summed E-state index contributed by atoms with van der Waals surface area (Å²) < 4.78 is 4.97. The molecule has 2 rings (SSSR count). The number of ether oxygens (including phenoxy) is 1. The molecule has 5 heteroatoms. The van der Waals surface area contributed by atoms with Gasteiger partial charge in [0.1, 0.15) is 6.10 Å². The van der Waals surface area contributed by atoms with E-state index in [1.54, 1.807) is 13.8 Å². The topological polar surface area (TPSA) is 75.6 Å². The number of cyclic esters (lactones) is 1. The minimum atomic E-state index is -1.28. The van der Waals surface area contributed by atoms with Crippen molar-refractivity contribution >= 4 is 11.9 Å². The number of hydrogen-bond donors (Lipinski definition) is 2. The average Bonchev–Trinajstić information content (AvgIpc) is 2.44. The van der Waals surface area contributed by atoms with Crippen LogP contribution in [0.4, 0.5) is 0 Å². The molecule has 1 aliphatic heterocycles. The van der Waals surface area contributed by atoms with Crippen LogP contribution in [0.2, 0.25) is 0 Å². The van der Waals surface area contributed by atoms with Gasteiger partial charge in [-0.25, -0.2) is 4.79 Å². The van der Waals surface area contributed by atoms with Gasteiger partial charge in [-0.05, 0) is 26.2 Å². The van der Waals surface area contributed by atoms with Gasteiger partial charge in [-0.2, -0.15) is 0 Å². The molecular formula is C14H21NO4. The third kappa shape index (κ3) is 2.27. The van der Waals surface area contributed by atoms with Gasteiger partial charge in [0, 0.05) is 12.3 Å². The summed E-state index contributed by atoms with van der Waals surface area (Å²) in [7, 11) is 0. The van der Waals surface area contributed by atoms with Gasteiger partial charge in [0.05, 0.1) is 6.10 Å². The van der Waals surface area contributed by atoms with Crippen molar-refractivity contribution in [1.82, 2.24) is 5.32 Å². The van der Waals surface area contributed by atoms with E-state index >= 15 is 0 Å². The Balaban J connectivity index is 2.22. The fraction of sp³-hybridized carbons (Fsp3) is 0.714. The van der Waals surface area contributed by atoms with Crippen LogP contribution in [0.15, 0.2) is 12.2 Å². The monoisotopic (exact) mass is 267 g/mol. The van der Waals surface area contributed by atoms with Crippen molar-refractivity contribution in [1.29, 1.82) is 0 Å². The highest BCUT2D eigenvalue weighted by atomic mass is 16.6. The molecule has 0 aromatic rings. The van der Waals surface area contributed by atoms with Crippen molar-refractivity contribution in [2.24, 2.45) is 5.92 Å². The van der Waals surface area contributed by atoms with E-state index in [0.29, 0.717) is 0 Å². The fourth-order valence-corrected chi connectivity index (χ4v) is 2.81. The Kier molecular flexibility index (Phi) is 3.94. The van der Waals surface area contributed by atoms with Gasteiger partial charge in [0.25, 0.3) is 0 Å². The molecule has 0 aromatic heterocycles. The van der Waals surface area contributed by atoms with E-state index in [1.807, 2.05) is 12.2 Å². The van der Waals surface area contributed by atoms with Crippen molar-refractivity contribution in [3.05, 3.63) is 12.2 Å². The summed E-state index contributed by atoms with van der Waals surface area (Å²) >= 11 is 0. The number of hydrogen-bond acceptors (Lipinski definition) is 4. The second kappa shape index (κ2) is 5.33. The smallest absolute Gasteiger partial charge is 0.338 e. The van der Waals surface area contributed by atoms with Crippen LogP contribution >= 0.6 is 0 Å². The predicted octanol–water partition coefficient (Wildman–Crippen LogP) is 0.914. The summed E-state index contributed by atoms with van der Waals surface area (Å²) in [6, 6.07) is 0. The molecule has 0 bridgehead atoms. The molecule has 0 unspecified atom stereocenters. The number of carbonyl (C=O) groups excluding carboxylic acids is 2. The second-order valence-corrected chi connectivity index (χ2v) is 5.29. The van der Waals surface area contributed by atoms with Crippen LogP contribution in [0.5, 0.6) is 0 Å².